The first-order chi connectivity index (χ1) is 15.6. The third kappa shape index (κ3) is 4.93. The van der Waals surface area contributed by atoms with Crippen LogP contribution in [-0.2, 0) is 6.61 Å². The van der Waals surface area contributed by atoms with Gasteiger partial charge in [-0.2, -0.15) is 5.26 Å². The van der Waals surface area contributed by atoms with Gasteiger partial charge in [0, 0.05) is 18.3 Å². The fourth-order valence-corrected chi connectivity index (χ4v) is 3.65. The zero-order valence-corrected chi connectivity index (χ0v) is 17.6. The number of rotatable bonds is 8. The Labute approximate surface area is 186 Å². The molecule has 3 aromatic rings. The van der Waals surface area contributed by atoms with Crippen LogP contribution in [0.3, 0.4) is 0 Å². The molecule has 162 valence electrons. The first kappa shape index (κ1) is 21.5. The molecule has 3 N–H and O–H groups in total. The van der Waals surface area contributed by atoms with Crippen LogP contribution in [0, 0.1) is 16.7 Å². The van der Waals surface area contributed by atoms with Gasteiger partial charge in [-0.3, -0.25) is 0 Å². The van der Waals surface area contributed by atoms with E-state index < -0.39 is 5.67 Å². The Bertz CT molecular complexity index is 1120. The number of nitrogens with zero attached hydrogens (tertiary/aromatic N) is 2. The normalized spacial score (nSPS) is 17.5. The molecule has 2 heterocycles. The molecular weight excluding hydrogens is 405 g/mol. The molecule has 7 heteroatoms. The summed E-state index contributed by atoms with van der Waals surface area (Å²) in [6.45, 7) is 1.39. The van der Waals surface area contributed by atoms with Gasteiger partial charge in [0.15, 0.2) is 0 Å². The number of pyridine rings is 1. The van der Waals surface area contributed by atoms with Crippen molar-refractivity contribution in [2.24, 2.45) is 0 Å². The van der Waals surface area contributed by atoms with Crippen molar-refractivity contribution < 1.29 is 9.13 Å². The van der Waals surface area contributed by atoms with E-state index in [9.17, 15) is 4.39 Å². The smallest absolute Gasteiger partial charge is 0.222 e. The van der Waals surface area contributed by atoms with Gasteiger partial charge in [-0.15, -0.1) is 0 Å². The van der Waals surface area contributed by atoms with Crippen LogP contribution in [0.1, 0.15) is 23.2 Å². The van der Waals surface area contributed by atoms with Gasteiger partial charge < -0.3 is 20.8 Å². The van der Waals surface area contributed by atoms with Crippen LogP contribution >= 0.6 is 0 Å². The summed E-state index contributed by atoms with van der Waals surface area (Å²) in [6, 6.07) is 20.8. The molecule has 0 aliphatic carbocycles. The predicted octanol–water partition coefficient (Wildman–Crippen LogP) is 4.31. The summed E-state index contributed by atoms with van der Waals surface area (Å²) in [7, 11) is 0. The lowest BCUT2D eigenvalue weighted by atomic mass is 10.0. The number of anilines is 1. The molecule has 4 rings (SSSR count). The fourth-order valence-electron chi connectivity index (χ4n) is 3.65. The van der Waals surface area contributed by atoms with Crippen LogP contribution in [0.5, 0.6) is 5.88 Å². The van der Waals surface area contributed by atoms with Crippen molar-refractivity contribution in [1.82, 2.24) is 10.3 Å². The number of ether oxygens (including phenoxy) is 1. The SMILES string of the molecule is N#Cc1ccc(-c2cc(NCC3(F)CCNC3)c(C=N)nc2OCc2ccccc2)cc1. The Morgan fingerprint density at radius 2 is 2.00 bits per heavy atom. The fraction of sp³-hybridized carbons (Fsp3) is 0.240. The largest absolute Gasteiger partial charge is 0.472 e. The molecule has 2 aromatic carbocycles. The minimum absolute atomic E-state index is 0.125. The average Bonchev–Trinajstić information content (AvgIpc) is 3.28. The van der Waals surface area contributed by atoms with Crippen molar-refractivity contribution in [3.63, 3.8) is 0 Å². The number of nitrogens with one attached hydrogen (secondary N) is 3. The minimum atomic E-state index is -1.34. The Morgan fingerprint density at radius 1 is 1.22 bits per heavy atom. The lowest BCUT2D eigenvalue weighted by molar-refractivity contribution is 0.208. The Hall–Kier alpha value is -3.76. The lowest BCUT2D eigenvalue weighted by Gasteiger charge is -2.21. The summed E-state index contributed by atoms with van der Waals surface area (Å²) in [6.07, 6.45) is 1.58. The molecule has 1 aliphatic heterocycles. The van der Waals surface area contributed by atoms with Gasteiger partial charge >= 0.3 is 0 Å². The second-order valence-electron chi connectivity index (χ2n) is 7.81. The molecule has 1 fully saturated rings. The predicted molar refractivity (Wildman–Crippen MR) is 123 cm³/mol. The maximum atomic E-state index is 14.9. The molecule has 1 saturated heterocycles. The van der Waals surface area contributed by atoms with Crippen molar-refractivity contribution >= 4 is 11.9 Å². The molecule has 0 amide bonds. The number of hydrogen-bond donors (Lipinski definition) is 3. The number of hydrogen-bond acceptors (Lipinski definition) is 6. The number of halogens is 1. The topological polar surface area (TPSA) is 93.8 Å². The van der Waals surface area contributed by atoms with Crippen LogP contribution in [0.25, 0.3) is 11.1 Å². The third-order valence-corrected chi connectivity index (χ3v) is 5.48. The molecule has 32 heavy (non-hydrogen) atoms. The summed E-state index contributed by atoms with van der Waals surface area (Å²) in [5.41, 5.74) is 2.67. The van der Waals surface area contributed by atoms with Crippen LogP contribution in [0.2, 0.25) is 0 Å². The van der Waals surface area contributed by atoms with Gasteiger partial charge in [0.05, 0.1) is 23.9 Å². The van der Waals surface area contributed by atoms with Gasteiger partial charge in [-0.1, -0.05) is 42.5 Å². The van der Waals surface area contributed by atoms with Crippen molar-refractivity contribution in [1.29, 1.82) is 10.7 Å². The molecular formula is C25H24FN5O. The van der Waals surface area contributed by atoms with Crippen molar-refractivity contribution in [2.75, 3.05) is 25.0 Å². The van der Waals surface area contributed by atoms with Crippen LogP contribution < -0.4 is 15.4 Å². The van der Waals surface area contributed by atoms with Crippen LogP contribution in [0.15, 0.2) is 60.7 Å². The van der Waals surface area contributed by atoms with E-state index in [0.29, 0.717) is 54.5 Å². The van der Waals surface area contributed by atoms with E-state index in [0.717, 1.165) is 17.3 Å². The second kappa shape index (κ2) is 9.58. The number of aromatic nitrogens is 1. The zero-order valence-electron chi connectivity index (χ0n) is 17.6. The Kier molecular flexibility index (Phi) is 6.43. The van der Waals surface area contributed by atoms with Gasteiger partial charge in [-0.05, 0) is 42.3 Å². The second-order valence-corrected chi connectivity index (χ2v) is 7.81. The molecule has 0 saturated carbocycles. The van der Waals surface area contributed by atoms with E-state index in [-0.39, 0.29) is 6.54 Å². The monoisotopic (exact) mass is 429 g/mol. The van der Waals surface area contributed by atoms with E-state index in [2.05, 4.69) is 21.7 Å². The van der Waals surface area contributed by atoms with Gasteiger partial charge in [-0.25, -0.2) is 9.37 Å². The summed E-state index contributed by atoms with van der Waals surface area (Å²) < 4.78 is 20.9. The van der Waals surface area contributed by atoms with Crippen molar-refractivity contribution in [3.05, 3.63) is 77.5 Å². The van der Waals surface area contributed by atoms with E-state index in [1.54, 1.807) is 12.1 Å². The maximum absolute atomic E-state index is 14.9. The first-order valence-electron chi connectivity index (χ1n) is 10.5. The van der Waals surface area contributed by atoms with E-state index in [4.69, 9.17) is 15.4 Å². The first-order valence-corrected chi connectivity index (χ1v) is 10.5. The Balaban J connectivity index is 1.68. The summed E-state index contributed by atoms with van der Waals surface area (Å²) in [5, 5.41) is 23.1. The summed E-state index contributed by atoms with van der Waals surface area (Å²) in [4.78, 5) is 4.56. The lowest BCUT2D eigenvalue weighted by Crippen LogP contribution is -2.34. The molecule has 0 radical (unpaired) electrons. The molecule has 1 aromatic heterocycles. The summed E-state index contributed by atoms with van der Waals surface area (Å²) >= 11 is 0. The standard InChI is InChI=1S/C25H24FN5O/c26-25(10-11-29-16-25)17-30-22-12-21(20-8-6-18(13-27)7-9-20)24(31-23(22)14-28)32-15-19-4-2-1-3-5-19/h1-9,12,14,28-30H,10-11,15-17H2. The highest BCUT2D eigenvalue weighted by Crippen LogP contribution is 2.33. The maximum Gasteiger partial charge on any atom is 0.222 e. The number of alkyl halides is 1. The van der Waals surface area contributed by atoms with Gasteiger partial charge in [0.2, 0.25) is 5.88 Å². The van der Waals surface area contributed by atoms with E-state index >= 15 is 0 Å². The summed E-state index contributed by atoms with van der Waals surface area (Å²) in [5.74, 6) is 0.375. The highest BCUT2D eigenvalue weighted by Gasteiger charge is 2.33. The van der Waals surface area contributed by atoms with Gasteiger partial charge in [0.1, 0.15) is 18.0 Å². The quantitative estimate of drug-likeness (QED) is 0.464. The zero-order chi connectivity index (χ0) is 22.4. The van der Waals surface area contributed by atoms with E-state index in [1.807, 2.05) is 48.5 Å². The average molecular weight is 429 g/mol. The molecule has 1 unspecified atom stereocenters. The molecule has 6 nitrogen and oxygen atoms in total. The highest BCUT2D eigenvalue weighted by atomic mass is 19.1. The van der Waals surface area contributed by atoms with Crippen LogP contribution in [0.4, 0.5) is 10.1 Å². The van der Waals surface area contributed by atoms with Crippen molar-refractivity contribution in [3.8, 4) is 23.1 Å². The Morgan fingerprint density at radius 3 is 2.66 bits per heavy atom. The molecule has 0 bridgehead atoms. The molecule has 1 atom stereocenters. The highest BCUT2D eigenvalue weighted by molar-refractivity contribution is 5.87. The van der Waals surface area contributed by atoms with Crippen LogP contribution in [-0.4, -0.2) is 36.5 Å². The minimum Gasteiger partial charge on any atom is -0.472 e. The third-order valence-electron chi connectivity index (χ3n) is 5.48. The van der Waals surface area contributed by atoms with Crippen molar-refractivity contribution in [2.45, 2.75) is 18.7 Å². The molecule has 0 spiro atoms. The van der Waals surface area contributed by atoms with E-state index in [1.165, 1.54) is 0 Å². The number of benzene rings is 2. The molecule has 1 aliphatic rings. The van der Waals surface area contributed by atoms with Gasteiger partial charge in [0.25, 0.3) is 0 Å². The number of nitriles is 1.